The first kappa shape index (κ1) is 15.0. The van der Waals surface area contributed by atoms with Crippen LogP contribution in [0, 0.1) is 5.92 Å². The molecule has 4 heteroatoms. The van der Waals surface area contributed by atoms with Crippen molar-refractivity contribution >= 4 is 5.91 Å². The van der Waals surface area contributed by atoms with E-state index < -0.39 is 6.04 Å². The summed E-state index contributed by atoms with van der Waals surface area (Å²) in [4.78, 5) is 14.0. The molecule has 0 aliphatic carbocycles. The van der Waals surface area contributed by atoms with E-state index in [0.717, 1.165) is 26.2 Å². The van der Waals surface area contributed by atoms with Crippen molar-refractivity contribution in [3.05, 3.63) is 35.9 Å². The number of carbonyl (C=O) groups is 1. The minimum absolute atomic E-state index is 0.0508. The zero-order valence-electron chi connectivity index (χ0n) is 12.2. The molecule has 0 aromatic heterocycles. The first-order chi connectivity index (χ1) is 9.65. The van der Waals surface area contributed by atoms with Gasteiger partial charge in [-0.05, 0) is 37.8 Å². The number of hydrogen-bond acceptors (Lipinski definition) is 3. The maximum Gasteiger partial charge on any atom is 0.236 e. The van der Waals surface area contributed by atoms with Gasteiger partial charge in [0.05, 0.1) is 6.04 Å². The number of carbonyl (C=O) groups excluding carboxylic acids is 1. The Morgan fingerprint density at radius 3 is 2.90 bits per heavy atom. The predicted molar refractivity (Wildman–Crippen MR) is 81.1 cm³/mol. The molecule has 0 radical (unpaired) electrons. The lowest BCUT2D eigenvalue weighted by Crippen LogP contribution is -2.44. The number of nitrogens with one attached hydrogen (secondary N) is 1. The number of benzene rings is 1. The van der Waals surface area contributed by atoms with Crippen LogP contribution in [0.2, 0.25) is 0 Å². The van der Waals surface area contributed by atoms with Gasteiger partial charge in [0, 0.05) is 19.6 Å². The highest BCUT2D eigenvalue weighted by Gasteiger charge is 2.20. The second-order valence-electron chi connectivity index (χ2n) is 5.76. The summed E-state index contributed by atoms with van der Waals surface area (Å²) in [5.41, 5.74) is 6.91. The van der Waals surface area contributed by atoms with Crippen LogP contribution in [0.4, 0.5) is 0 Å². The molecule has 2 atom stereocenters. The number of rotatable bonds is 5. The number of nitrogens with zero attached hydrogens (tertiary/aromatic N) is 1. The van der Waals surface area contributed by atoms with Crippen molar-refractivity contribution in [3.8, 4) is 0 Å². The highest BCUT2D eigenvalue weighted by molar-refractivity contribution is 5.80. The van der Waals surface area contributed by atoms with E-state index in [1.807, 2.05) is 6.07 Å². The van der Waals surface area contributed by atoms with Crippen LogP contribution in [0.5, 0.6) is 0 Å². The second kappa shape index (κ2) is 7.41. The maximum absolute atomic E-state index is 11.5. The lowest BCUT2D eigenvalue weighted by atomic mass is 9.97. The number of nitrogens with two attached hydrogens (primary N) is 1. The molecule has 2 rings (SSSR count). The Balaban J connectivity index is 1.78. The minimum Gasteiger partial charge on any atom is -0.354 e. The standard InChI is InChI=1S/C16H25N3O/c1-13(17)16(20)18-10-15-8-5-9-19(12-15)11-14-6-3-2-4-7-14/h2-4,6-7,13,15H,5,8-12,17H2,1H3,(H,18,20)/t13-,15+/m0/s1. The fourth-order valence-corrected chi connectivity index (χ4v) is 2.71. The van der Waals surface area contributed by atoms with Crippen LogP contribution in [0.15, 0.2) is 30.3 Å². The fourth-order valence-electron chi connectivity index (χ4n) is 2.71. The average Bonchev–Trinajstić information content (AvgIpc) is 2.46. The van der Waals surface area contributed by atoms with Gasteiger partial charge in [-0.1, -0.05) is 30.3 Å². The van der Waals surface area contributed by atoms with Crippen LogP contribution >= 0.6 is 0 Å². The predicted octanol–water partition coefficient (Wildman–Crippen LogP) is 1.36. The Morgan fingerprint density at radius 1 is 1.45 bits per heavy atom. The Bertz CT molecular complexity index is 419. The van der Waals surface area contributed by atoms with Gasteiger partial charge in [-0.25, -0.2) is 0 Å². The lowest BCUT2D eigenvalue weighted by molar-refractivity contribution is -0.122. The zero-order chi connectivity index (χ0) is 14.4. The van der Waals surface area contributed by atoms with Crippen LogP contribution in [-0.4, -0.2) is 36.5 Å². The highest BCUT2D eigenvalue weighted by atomic mass is 16.2. The zero-order valence-corrected chi connectivity index (χ0v) is 12.2. The molecular weight excluding hydrogens is 250 g/mol. The maximum atomic E-state index is 11.5. The molecule has 1 aliphatic heterocycles. The number of amides is 1. The first-order valence-electron chi connectivity index (χ1n) is 7.44. The third-order valence-corrected chi connectivity index (χ3v) is 3.83. The molecular formula is C16H25N3O. The molecule has 0 unspecified atom stereocenters. The molecule has 4 nitrogen and oxygen atoms in total. The van der Waals surface area contributed by atoms with Crippen molar-refractivity contribution in [2.24, 2.45) is 11.7 Å². The van der Waals surface area contributed by atoms with Gasteiger partial charge in [0.25, 0.3) is 0 Å². The Morgan fingerprint density at radius 2 is 2.20 bits per heavy atom. The molecule has 0 spiro atoms. The first-order valence-corrected chi connectivity index (χ1v) is 7.44. The molecule has 3 N–H and O–H groups in total. The number of piperidine rings is 1. The van der Waals surface area contributed by atoms with Gasteiger partial charge in [-0.2, -0.15) is 0 Å². The normalized spacial score (nSPS) is 21.4. The highest BCUT2D eigenvalue weighted by Crippen LogP contribution is 2.18. The van der Waals surface area contributed by atoms with Crippen LogP contribution in [-0.2, 0) is 11.3 Å². The molecule has 1 aromatic rings. The van der Waals surface area contributed by atoms with Crippen molar-refractivity contribution in [3.63, 3.8) is 0 Å². The molecule has 1 fully saturated rings. The third kappa shape index (κ3) is 4.62. The van der Waals surface area contributed by atoms with Gasteiger partial charge in [0.1, 0.15) is 0 Å². The summed E-state index contributed by atoms with van der Waals surface area (Å²) in [5, 5.41) is 2.95. The van der Waals surface area contributed by atoms with E-state index in [1.54, 1.807) is 6.92 Å². The largest absolute Gasteiger partial charge is 0.354 e. The topological polar surface area (TPSA) is 58.4 Å². The second-order valence-corrected chi connectivity index (χ2v) is 5.76. The minimum atomic E-state index is -0.418. The molecule has 110 valence electrons. The van der Waals surface area contributed by atoms with Crippen LogP contribution in [0.25, 0.3) is 0 Å². The van der Waals surface area contributed by atoms with Gasteiger partial charge in [0.15, 0.2) is 0 Å². The summed E-state index contributed by atoms with van der Waals surface area (Å²) in [6.45, 7) is 5.66. The van der Waals surface area contributed by atoms with E-state index in [0.29, 0.717) is 5.92 Å². The molecule has 1 heterocycles. The van der Waals surface area contributed by atoms with Crippen molar-refractivity contribution < 1.29 is 4.79 Å². The van der Waals surface area contributed by atoms with E-state index in [4.69, 9.17) is 5.73 Å². The summed E-state index contributed by atoms with van der Waals surface area (Å²) in [6, 6.07) is 10.1. The van der Waals surface area contributed by atoms with Gasteiger partial charge in [0.2, 0.25) is 5.91 Å². The van der Waals surface area contributed by atoms with Gasteiger partial charge >= 0.3 is 0 Å². The van der Waals surface area contributed by atoms with Gasteiger partial charge in [-0.3, -0.25) is 9.69 Å². The molecule has 1 aliphatic rings. The molecule has 0 bridgehead atoms. The summed E-state index contributed by atoms with van der Waals surface area (Å²) < 4.78 is 0. The number of hydrogen-bond donors (Lipinski definition) is 2. The van der Waals surface area contributed by atoms with Gasteiger partial charge < -0.3 is 11.1 Å². The van der Waals surface area contributed by atoms with Crippen molar-refractivity contribution in [1.29, 1.82) is 0 Å². The van der Waals surface area contributed by atoms with Crippen molar-refractivity contribution in [1.82, 2.24) is 10.2 Å². The van der Waals surface area contributed by atoms with Crippen LogP contribution in [0.3, 0.4) is 0 Å². The van der Waals surface area contributed by atoms with E-state index >= 15 is 0 Å². The molecule has 20 heavy (non-hydrogen) atoms. The van der Waals surface area contributed by atoms with E-state index in [2.05, 4.69) is 34.5 Å². The van der Waals surface area contributed by atoms with E-state index in [9.17, 15) is 4.79 Å². The fraction of sp³-hybridized carbons (Fsp3) is 0.562. The van der Waals surface area contributed by atoms with Crippen molar-refractivity contribution in [2.75, 3.05) is 19.6 Å². The average molecular weight is 275 g/mol. The Hall–Kier alpha value is -1.39. The summed E-state index contributed by atoms with van der Waals surface area (Å²) >= 11 is 0. The Labute approximate surface area is 121 Å². The quantitative estimate of drug-likeness (QED) is 0.853. The third-order valence-electron chi connectivity index (χ3n) is 3.83. The molecule has 1 amide bonds. The Kier molecular flexibility index (Phi) is 5.56. The summed E-state index contributed by atoms with van der Waals surface area (Å²) in [5.74, 6) is 0.486. The molecule has 1 aromatic carbocycles. The molecule has 1 saturated heterocycles. The van der Waals surface area contributed by atoms with Crippen LogP contribution in [0.1, 0.15) is 25.3 Å². The SMILES string of the molecule is C[C@H](N)C(=O)NC[C@H]1CCCN(Cc2ccccc2)C1. The monoisotopic (exact) mass is 275 g/mol. The number of likely N-dealkylation sites (tertiary alicyclic amines) is 1. The summed E-state index contributed by atoms with van der Waals surface area (Å²) in [7, 11) is 0. The van der Waals surface area contributed by atoms with Crippen molar-refractivity contribution in [2.45, 2.75) is 32.4 Å². The smallest absolute Gasteiger partial charge is 0.236 e. The van der Waals surface area contributed by atoms with Crippen LogP contribution < -0.4 is 11.1 Å². The van der Waals surface area contributed by atoms with Gasteiger partial charge in [-0.15, -0.1) is 0 Å². The van der Waals surface area contributed by atoms with E-state index in [-0.39, 0.29) is 5.91 Å². The summed E-state index contributed by atoms with van der Waals surface area (Å²) in [6.07, 6.45) is 2.38. The lowest BCUT2D eigenvalue weighted by Gasteiger charge is -2.33. The van der Waals surface area contributed by atoms with E-state index in [1.165, 1.54) is 18.4 Å². The molecule has 0 saturated carbocycles.